The zero-order valence-corrected chi connectivity index (χ0v) is 48.7. The number of ether oxygens (including phenoxy) is 4. The van der Waals surface area contributed by atoms with Gasteiger partial charge in [0.15, 0.2) is 0 Å². The predicted molar refractivity (Wildman–Crippen MR) is 231 cm³/mol. The molecule has 12 nitrogen and oxygen atoms in total. The Kier molecular flexibility index (Phi) is 23.1. The zero-order valence-electron chi connectivity index (χ0n) is 39.2. The van der Waals surface area contributed by atoms with Crippen molar-refractivity contribution in [2.45, 2.75) is 23.1 Å². The number of hydrogen-bond donors (Lipinski definition) is 4. The molecule has 372 valence electrons. The van der Waals surface area contributed by atoms with Gasteiger partial charge in [-0.25, -0.2) is 0 Å². The highest BCUT2D eigenvalue weighted by Crippen LogP contribution is 2.35. The summed E-state index contributed by atoms with van der Waals surface area (Å²) in [5.41, 5.74) is 7.30. The SMILES string of the molecule is C[N+]1(C)CCOC(O)(c2ccc(-c3ccc(C4(O)C[N+](C)(C)CCO4)cc3)cc2)C1.C[N+]1(C)CCOC(O)(c2ccc(-c3ccc(C4(O)C[N+](C)(C)CCO4)cc3)cc2)C1.[Br-].[Br-].[Br-].[Br-].[Br-].[Br-]. The van der Waals surface area contributed by atoms with Crippen molar-refractivity contribution >= 4 is 0 Å². The van der Waals surface area contributed by atoms with Gasteiger partial charge in [-0.2, -0.15) is 0 Å². The van der Waals surface area contributed by atoms with E-state index in [-0.39, 0.29) is 102 Å². The van der Waals surface area contributed by atoms with Crippen molar-refractivity contribution in [1.29, 1.82) is 0 Å². The molecule has 0 saturated carbocycles. The van der Waals surface area contributed by atoms with Crippen LogP contribution in [0.15, 0.2) is 97.1 Å². The Bertz CT molecular complexity index is 1820. The molecule has 18 heteroatoms. The number of rotatable bonds is 6. The molecule has 0 radical (unpaired) electrons. The first-order valence-electron chi connectivity index (χ1n) is 21.2. The maximum atomic E-state index is 11.0. The first kappa shape index (κ1) is 63.3. The standard InChI is InChI=1S/2C24H34N2O4.6BrH/c2*1-25(2)13-15-29-23(27,17-25)21-9-5-19(6-10-21)20-7-11-22(12-8-20)24(28)18-26(3,4)14-16-30-24;;;;;;/h2*5-12,27-28H,13-18H2,1-4H3;6*1H/q2*+2;;;;;;/p-6. The van der Waals surface area contributed by atoms with Crippen LogP contribution in [-0.4, -0.2) is 174 Å². The number of quaternary nitrogens is 4. The molecule has 4 atom stereocenters. The van der Waals surface area contributed by atoms with Crippen molar-refractivity contribution < 1.29 is 159 Å². The predicted octanol–water partition coefficient (Wildman–Crippen LogP) is -14.3. The fourth-order valence-electron chi connectivity index (χ4n) is 9.06. The number of benzene rings is 4. The van der Waals surface area contributed by atoms with Crippen LogP contribution in [0.2, 0.25) is 0 Å². The second-order valence-electron chi connectivity index (χ2n) is 20.1. The number of morpholine rings is 4. The van der Waals surface area contributed by atoms with Crippen LogP contribution in [0, 0.1) is 0 Å². The summed E-state index contributed by atoms with van der Waals surface area (Å²) in [5.74, 6) is -5.01. The highest BCUT2D eigenvalue weighted by Gasteiger charge is 2.45. The molecule has 0 aliphatic carbocycles. The highest BCUT2D eigenvalue weighted by atomic mass is 79.9. The lowest BCUT2D eigenvalue weighted by molar-refractivity contribution is -0.912. The van der Waals surface area contributed by atoms with Gasteiger partial charge >= 0.3 is 0 Å². The number of halogens is 6. The minimum atomic E-state index is -1.25. The Morgan fingerprint density at radius 2 is 0.455 bits per heavy atom. The van der Waals surface area contributed by atoms with Gasteiger partial charge in [-0.05, 0) is 22.3 Å². The normalized spacial score (nSPS) is 27.9. The van der Waals surface area contributed by atoms with E-state index in [4.69, 9.17) is 18.9 Å². The summed E-state index contributed by atoms with van der Waals surface area (Å²) in [6.07, 6.45) is 0. The van der Waals surface area contributed by atoms with E-state index in [1.807, 2.05) is 97.1 Å². The minimum Gasteiger partial charge on any atom is -1.00 e. The van der Waals surface area contributed by atoms with Crippen molar-refractivity contribution in [1.82, 2.24) is 0 Å². The molecule has 4 aliphatic rings. The van der Waals surface area contributed by atoms with Gasteiger partial charge in [-0.3, -0.25) is 0 Å². The van der Waals surface area contributed by atoms with E-state index in [9.17, 15) is 20.4 Å². The van der Waals surface area contributed by atoms with E-state index in [0.717, 1.165) is 88.6 Å². The van der Waals surface area contributed by atoms with Crippen LogP contribution in [-0.2, 0) is 42.1 Å². The molecule has 4 aromatic carbocycles. The quantitative estimate of drug-likeness (QED) is 0.141. The number of aliphatic hydroxyl groups is 4. The van der Waals surface area contributed by atoms with Gasteiger partial charge < -0.3 is 159 Å². The Morgan fingerprint density at radius 3 is 0.591 bits per heavy atom. The summed E-state index contributed by atoms with van der Waals surface area (Å²) in [6.45, 7) is 7.78. The molecule has 4 saturated heterocycles. The summed E-state index contributed by atoms with van der Waals surface area (Å²) in [7, 11) is 16.8. The second kappa shape index (κ2) is 24.1. The molecule has 4 aliphatic heterocycles. The van der Waals surface area contributed by atoms with E-state index < -0.39 is 23.1 Å². The van der Waals surface area contributed by atoms with Crippen LogP contribution in [0.5, 0.6) is 0 Å². The van der Waals surface area contributed by atoms with E-state index in [1.165, 1.54) is 0 Å². The van der Waals surface area contributed by atoms with Gasteiger partial charge in [0.2, 0.25) is 23.1 Å². The molecule has 0 amide bonds. The van der Waals surface area contributed by atoms with Crippen LogP contribution in [0.1, 0.15) is 22.3 Å². The van der Waals surface area contributed by atoms with Crippen LogP contribution < -0.4 is 102 Å². The molecule has 4 aromatic rings. The van der Waals surface area contributed by atoms with Crippen LogP contribution in [0.25, 0.3) is 22.3 Å². The number of hydrogen-bond acceptors (Lipinski definition) is 8. The van der Waals surface area contributed by atoms with E-state index in [1.54, 1.807) is 0 Å². The highest BCUT2D eigenvalue weighted by molar-refractivity contribution is 5.65. The zero-order chi connectivity index (χ0) is 43.2. The van der Waals surface area contributed by atoms with E-state index >= 15 is 0 Å². The number of likely N-dealkylation sites (N-methyl/N-ethyl adjacent to an activating group) is 4. The van der Waals surface area contributed by atoms with Crippen molar-refractivity contribution in [3.63, 3.8) is 0 Å². The van der Waals surface area contributed by atoms with Crippen molar-refractivity contribution in [2.24, 2.45) is 0 Å². The molecule has 66 heavy (non-hydrogen) atoms. The van der Waals surface area contributed by atoms with Gasteiger partial charge in [0, 0.05) is 22.3 Å². The molecule has 4 N–H and O–H groups in total. The Hall–Kier alpha value is -0.720. The fraction of sp³-hybridized carbons (Fsp3) is 0.500. The summed E-state index contributed by atoms with van der Waals surface area (Å²) in [5, 5.41) is 44.0. The van der Waals surface area contributed by atoms with Gasteiger partial charge in [0.1, 0.15) is 52.4 Å². The topological polar surface area (TPSA) is 118 Å². The molecule has 0 bridgehead atoms. The molecule has 4 unspecified atom stereocenters. The van der Waals surface area contributed by atoms with E-state index in [0.29, 0.717) is 52.6 Å². The molecular weight excluding hydrogens is 1240 g/mol. The second-order valence-corrected chi connectivity index (χ2v) is 20.1. The van der Waals surface area contributed by atoms with Crippen molar-refractivity contribution in [3.05, 3.63) is 119 Å². The summed E-state index contributed by atoms with van der Waals surface area (Å²) in [6, 6.07) is 31.5. The number of nitrogens with zero attached hydrogens (tertiary/aromatic N) is 4. The third-order valence-corrected chi connectivity index (χ3v) is 12.7. The minimum absolute atomic E-state index is 0. The van der Waals surface area contributed by atoms with Gasteiger partial charge in [0.05, 0.1) is 82.8 Å². The smallest absolute Gasteiger partial charge is 0.243 e. The third kappa shape index (κ3) is 15.2. The molecule has 0 spiro atoms. The van der Waals surface area contributed by atoms with Crippen molar-refractivity contribution in [2.75, 3.05) is 135 Å². The Balaban J connectivity index is 0.000000605. The van der Waals surface area contributed by atoms with Gasteiger partial charge in [-0.1, -0.05) is 97.1 Å². The molecule has 4 heterocycles. The largest absolute Gasteiger partial charge is 1.00 e. The molecule has 0 aromatic heterocycles. The third-order valence-electron chi connectivity index (χ3n) is 12.7. The van der Waals surface area contributed by atoms with Crippen LogP contribution in [0.3, 0.4) is 0 Å². The van der Waals surface area contributed by atoms with Gasteiger partial charge in [0.25, 0.3) is 0 Å². The van der Waals surface area contributed by atoms with Gasteiger partial charge in [-0.15, -0.1) is 0 Å². The summed E-state index contributed by atoms with van der Waals surface area (Å²) in [4.78, 5) is 0. The fourth-order valence-corrected chi connectivity index (χ4v) is 9.06. The first-order chi connectivity index (χ1) is 28.0. The van der Waals surface area contributed by atoms with Crippen molar-refractivity contribution in [3.8, 4) is 22.3 Å². The monoisotopic (exact) mass is 1300 g/mol. The Labute approximate surface area is 455 Å². The summed E-state index contributed by atoms with van der Waals surface area (Å²) >= 11 is 0. The lowest BCUT2D eigenvalue weighted by atomic mass is 9.96. The van der Waals surface area contributed by atoms with Crippen LogP contribution in [0.4, 0.5) is 0 Å². The molecule has 4 fully saturated rings. The average molecular weight is 1310 g/mol. The van der Waals surface area contributed by atoms with E-state index in [2.05, 4.69) is 56.4 Å². The van der Waals surface area contributed by atoms with Crippen LogP contribution >= 0.6 is 0 Å². The first-order valence-corrected chi connectivity index (χ1v) is 21.2. The molecular formula is C48H68Br6N4O8-2. The Morgan fingerprint density at radius 1 is 0.303 bits per heavy atom. The summed E-state index contributed by atoms with van der Waals surface area (Å²) < 4.78 is 25.9. The average Bonchev–Trinajstić information content (AvgIpc) is 3.16. The molecule has 8 rings (SSSR count). The lowest BCUT2D eigenvalue weighted by Crippen LogP contribution is -3.00. The maximum absolute atomic E-state index is 11.0. The lowest BCUT2D eigenvalue weighted by Gasteiger charge is -2.42. The maximum Gasteiger partial charge on any atom is 0.243 e.